The summed E-state index contributed by atoms with van der Waals surface area (Å²) in [5.41, 5.74) is 2.66. The molecule has 0 aliphatic heterocycles. The van der Waals surface area contributed by atoms with Gasteiger partial charge in [0.1, 0.15) is 11.6 Å². The molecular weight excluding hydrogens is 401 g/mol. The van der Waals surface area contributed by atoms with Crippen LogP contribution in [-0.4, -0.2) is 30.5 Å². The van der Waals surface area contributed by atoms with Crippen molar-refractivity contribution in [3.63, 3.8) is 0 Å². The van der Waals surface area contributed by atoms with Crippen molar-refractivity contribution >= 4 is 16.7 Å². The molecule has 0 unspecified atom stereocenters. The molecule has 0 atom stereocenters. The van der Waals surface area contributed by atoms with Crippen LogP contribution in [0.15, 0.2) is 91.0 Å². The molecule has 0 heterocycles. The van der Waals surface area contributed by atoms with Crippen molar-refractivity contribution in [3.8, 4) is 16.9 Å². The average molecular weight is 428 g/mol. The predicted molar refractivity (Wildman–Crippen MR) is 127 cm³/mol. The first-order valence-corrected chi connectivity index (χ1v) is 10.9. The zero-order valence-corrected chi connectivity index (χ0v) is 18.1. The lowest BCUT2D eigenvalue weighted by Gasteiger charge is -2.22. The summed E-state index contributed by atoms with van der Waals surface area (Å²) in [5.74, 6) is 0.352. The molecule has 4 rings (SSSR count). The van der Waals surface area contributed by atoms with Crippen molar-refractivity contribution in [1.29, 1.82) is 0 Å². The van der Waals surface area contributed by atoms with Gasteiger partial charge in [-0.3, -0.25) is 4.79 Å². The van der Waals surface area contributed by atoms with Gasteiger partial charge >= 0.3 is 0 Å². The number of carbonyl (C=O) groups excluding carboxylic acids is 1. The van der Waals surface area contributed by atoms with Crippen LogP contribution in [0, 0.1) is 5.82 Å². The monoisotopic (exact) mass is 427 g/mol. The Morgan fingerprint density at radius 2 is 1.59 bits per heavy atom. The summed E-state index contributed by atoms with van der Waals surface area (Å²) < 4.78 is 18.7. The molecule has 0 fully saturated rings. The van der Waals surface area contributed by atoms with Gasteiger partial charge in [0.15, 0.2) is 0 Å². The zero-order chi connectivity index (χ0) is 22.3. The molecule has 0 aromatic heterocycles. The highest BCUT2D eigenvalue weighted by Crippen LogP contribution is 2.28. The maximum absolute atomic E-state index is 13.4. The van der Waals surface area contributed by atoms with Crippen LogP contribution in [0.2, 0.25) is 0 Å². The highest BCUT2D eigenvalue weighted by molar-refractivity contribution is 6.02. The molecular formula is C28H26FNO2. The lowest BCUT2D eigenvalue weighted by atomic mass is 9.96. The summed E-state index contributed by atoms with van der Waals surface area (Å²) in [5, 5.41) is 2.33. The first-order chi connectivity index (χ1) is 15.7. The Bertz CT molecular complexity index is 1200. The minimum atomic E-state index is -0.287. The van der Waals surface area contributed by atoms with Gasteiger partial charge in [-0.05, 0) is 71.6 Å². The number of carbonyl (C=O) groups is 1. The Morgan fingerprint density at radius 3 is 2.38 bits per heavy atom. The Balaban J connectivity index is 1.47. The molecule has 1 amide bonds. The number of benzene rings is 4. The van der Waals surface area contributed by atoms with Gasteiger partial charge in [0, 0.05) is 18.7 Å². The van der Waals surface area contributed by atoms with E-state index in [4.69, 9.17) is 4.74 Å². The average Bonchev–Trinajstić information content (AvgIpc) is 2.84. The minimum Gasteiger partial charge on any atom is -0.494 e. The van der Waals surface area contributed by atoms with E-state index in [-0.39, 0.29) is 11.7 Å². The van der Waals surface area contributed by atoms with E-state index in [1.165, 1.54) is 17.5 Å². The van der Waals surface area contributed by atoms with Gasteiger partial charge in [-0.15, -0.1) is 0 Å². The van der Waals surface area contributed by atoms with Crippen molar-refractivity contribution in [1.82, 2.24) is 4.90 Å². The fourth-order valence-electron chi connectivity index (χ4n) is 3.83. The molecule has 0 saturated heterocycles. The van der Waals surface area contributed by atoms with Crippen LogP contribution in [0.3, 0.4) is 0 Å². The summed E-state index contributed by atoms with van der Waals surface area (Å²) in [4.78, 5) is 15.2. The molecule has 32 heavy (non-hydrogen) atoms. The third kappa shape index (κ3) is 4.97. The predicted octanol–water partition coefficient (Wildman–Crippen LogP) is 6.58. The summed E-state index contributed by atoms with van der Waals surface area (Å²) >= 11 is 0. The van der Waals surface area contributed by atoms with Crippen LogP contribution in [-0.2, 0) is 0 Å². The smallest absolute Gasteiger partial charge is 0.254 e. The van der Waals surface area contributed by atoms with E-state index >= 15 is 0 Å². The first-order valence-electron chi connectivity index (χ1n) is 10.9. The maximum Gasteiger partial charge on any atom is 0.254 e. The third-order valence-electron chi connectivity index (χ3n) is 5.54. The van der Waals surface area contributed by atoms with Crippen molar-refractivity contribution in [2.45, 2.75) is 13.3 Å². The lowest BCUT2D eigenvalue weighted by molar-refractivity contribution is 0.0757. The number of hydrogen-bond donors (Lipinski definition) is 0. The Hall–Kier alpha value is -3.66. The van der Waals surface area contributed by atoms with Crippen LogP contribution in [0.5, 0.6) is 5.75 Å². The molecule has 0 radical (unpaired) electrons. The van der Waals surface area contributed by atoms with Gasteiger partial charge in [0.25, 0.3) is 5.91 Å². The highest BCUT2D eigenvalue weighted by Gasteiger charge is 2.18. The van der Waals surface area contributed by atoms with E-state index in [1.807, 2.05) is 48.2 Å². The highest BCUT2D eigenvalue weighted by atomic mass is 19.1. The maximum atomic E-state index is 13.4. The molecule has 0 N–H and O–H groups in total. The van der Waals surface area contributed by atoms with Gasteiger partial charge in [-0.1, -0.05) is 54.6 Å². The number of nitrogens with zero attached hydrogens (tertiary/aromatic N) is 1. The van der Waals surface area contributed by atoms with Crippen molar-refractivity contribution < 1.29 is 13.9 Å². The van der Waals surface area contributed by atoms with E-state index in [2.05, 4.69) is 30.3 Å². The molecule has 0 aliphatic rings. The van der Waals surface area contributed by atoms with E-state index in [9.17, 15) is 9.18 Å². The molecule has 4 heteroatoms. The molecule has 0 bridgehead atoms. The fourth-order valence-corrected chi connectivity index (χ4v) is 3.83. The van der Waals surface area contributed by atoms with Crippen molar-refractivity contribution in [3.05, 3.63) is 102 Å². The number of ether oxygens (including phenoxy) is 1. The topological polar surface area (TPSA) is 29.5 Å². The Kier molecular flexibility index (Phi) is 6.81. The second-order valence-electron chi connectivity index (χ2n) is 7.65. The summed E-state index contributed by atoms with van der Waals surface area (Å²) in [6.45, 7) is 3.64. The quantitative estimate of drug-likeness (QED) is 0.297. The van der Waals surface area contributed by atoms with E-state index < -0.39 is 0 Å². The van der Waals surface area contributed by atoms with Crippen molar-refractivity contribution in [2.75, 3.05) is 19.7 Å². The molecule has 0 aliphatic carbocycles. The SMILES string of the molecule is CCN(CCCOc1ccc(F)cc1)C(=O)c1ccccc1-c1ccc2ccccc2c1. The number of amides is 1. The molecule has 162 valence electrons. The van der Waals surface area contributed by atoms with Gasteiger partial charge < -0.3 is 9.64 Å². The Labute approximate surface area is 188 Å². The number of fused-ring (bicyclic) bond motifs is 1. The molecule has 0 spiro atoms. The number of rotatable bonds is 8. The van der Waals surface area contributed by atoms with Crippen LogP contribution in [0.4, 0.5) is 4.39 Å². The normalized spacial score (nSPS) is 10.8. The Morgan fingerprint density at radius 1 is 0.875 bits per heavy atom. The molecule has 4 aromatic carbocycles. The summed E-state index contributed by atoms with van der Waals surface area (Å²) in [6, 6.07) is 28.3. The number of hydrogen-bond acceptors (Lipinski definition) is 2. The number of halogens is 1. The molecule has 4 aromatic rings. The standard InChI is InChI=1S/C28H26FNO2/c1-2-30(18-7-19-32-25-16-14-24(29)15-17-25)28(31)27-11-6-5-10-26(27)23-13-12-21-8-3-4-9-22(21)20-23/h3-6,8-17,20H,2,7,18-19H2,1H3. The van der Waals surface area contributed by atoms with Crippen molar-refractivity contribution in [2.24, 2.45) is 0 Å². The van der Waals surface area contributed by atoms with Crippen LogP contribution < -0.4 is 4.74 Å². The van der Waals surface area contributed by atoms with E-state index in [1.54, 1.807) is 12.1 Å². The van der Waals surface area contributed by atoms with E-state index in [0.29, 0.717) is 37.4 Å². The van der Waals surface area contributed by atoms with Crippen LogP contribution in [0.1, 0.15) is 23.7 Å². The third-order valence-corrected chi connectivity index (χ3v) is 5.54. The molecule has 0 saturated carbocycles. The lowest BCUT2D eigenvalue weighted by Crippen LogP contribution is -2.32. The van der Waals surface area contributed by atoms with Gasteiger partial charge in [0.05, 0.1) is 6.61 Å². The van der Waals surface area contributed by atoms with Gasteiger partial charge in [-0.25, -0.2) is 4.39 Å². The largest absolute Gasteiger partial charge is 0.494 e. The van der Waals surface area contributed by atoms with Crippen LogP contribution >= 0.6 is 0 Å². The molecule has 3 nitrogen and oxygen atoms in total. The zero-order valence-electron chi connectivity index (χ0n) is 18.1. The van der Waals surface area contributed by atoms with Gasteiger partial charge in [0.2, 0.25) is 0 Å². The fraction of sp³-hybridized carbons (Fsp3) is 0.179. The minimum absolute atomic E-state index is 0.0121. The summed E-state index contributed by atoms with van der Waals surface area (Å²) in [6.07, 6.45) is 0.690. The van der Waals surface area contributed by atoms with E-state index in [0.717, 1.165) is 16.5 Å². The first kappa shape index (κ1) is 21.6. The summed E-state index contributed by atoms with van der Waals surface area (Å²) in [7, 11) is 0. The van der Waals surface area contributed by atoms with Gasteiger partial charge in [-0.2, -0.15) is 0 Å². The van der Waals surface area contributed by atoms with Crippen LogP contribution in [0.25, 0.3) is 21.9 Å². The second-order valence-corrected chi connectivity index (χ2v) is 7.65. The second kappa shape index (κ2) is 10.1.